The van der Waals surface area contributed by atoms with E-state index in [1.54, 1.807) is 12.1 Å². The zero-order valence-electron chi connectivity index (χ0n) is 17.6. The molecule has 0 amide bonds. The first-order valence-corrected chi connectivity index (χ1v) is 10.1. The van der Waals surface area contributed by atoms with Crippen molar-refractivity contribution in [3.63, 3.8) is 0 Å². The summed E-state index contributed by atoms with van der Waals surface area (Å²) >= 11 is 0. The summed E-state index contributed by atoms with van der Waals surface area (Å²) in [4.78, 5) is 18.4. The van der Waals surface area contributed by atoms with E-state index in [9.17, 15) is 18.0 Å². The Kier molecular flexibility index (Phi) is 5.84. The Morgan fingerprint density at radius 2 is 1.81 bits per heavy atom. The third-order valence-corrected chi connectivity index (χ3v) is 5.29. The average molecular weight is 444 g/mol. The van der Waals surface area contributed by atoms with Crippen molar-refractivity contribution in [2.45, 2.75) is 25.7 Å². The summed E-state index contributed by atoms with van der Waals surface area (Å²) in [7, 11) is 1.34. The molecule has 0 aliphatic carbocycles. The second kappa shape index (κ2) is 8.58. The Balaban J connectivity index is 1.43. The average Bonchev–Trinajstić information content (AvgIpc) is 3.17. The van der Waals surface area contributed by atoms with Crippen LogP contribution in [0.2, 0.25) is 0 Å². The number of alkyl halides is 3. The molecule has 6 nitrogen and oxygen atoms in total. The van der Waals surface area contributed by atoms with Crippen LogP contribution in [0.3, 0.4) is 0 Å². The highest BCUT2D eigenvalue weighted by Gasteiger charge is 2.33. The van der Waals surface area contributed by atoms with Crippen LogP contribution in [0.15, 0.2) is 53.3 Å². The fraction of sp³-hybridized carbons (Fsp3) is 0.261. The number of hydrogen-bond donors (Lipinski definition) is 4. The molecule has 1 atom stereocenters. The molecule has 32 heavy (non-hydrogen) atoms. The molecule has 4 aromatic rings. The number of anilines is 1. The number of aromatic amines is 2. The third-order valence-electron chi connectivity index (χ3n) is 5.29. The Hall–Kier alpha value is -3.46. The zero-order valence-corrected chi connectivity index (χ0v) is 17.6. The van der Waals surface area contributed by atoms with Gasteiger partial charge in [-0.3, -0.25) is 4.79 Å². The molecule has 9 heteroatoms. The maximum atomic E-state index is 13.4. The number of pyridine rings is 1. The van der Waals surface area contributed by atoms with Gasteiger partial charge in [0.2, 0.25) is 0 Å². The van der Waals surface area contributed by atoms with Crippen LogP contribution in [0.1, 0.15) is 18.2 Å². The molecule has 0 saturated carbocycles. The van der Waals surface area contributed by atoms with E-state index < -0.39 is 11.7 Å². The summed E-state index contributed by atoms with van der Waals surface area (Å²) < 4.78 is 45.3. The van der Waals surface area contributed by atoms with E-state index in [1.807, 2.05) is 25.1 Å². The van der Waals surface area contributed by atoms with Crippen LogP contribution in [-0.2, 0) is 12.7 Å². The number of methoxy groups -OCH3 is 1. The summed E-state index contributed by atoms with van der Waals surface area (Å²) in [5.74, 6) is 0.753. The fourth-order valence-corrected chi connectivity index (χ4v) is 3.63. The van der Waals surface area contributed by atoms with Crippen molar-refractivity contribution in [3.05, 3.63) is 70.0 Å². The number of benzene rings is 2. The van der Waals surface area contributed by atoms with E-state index in [0.717, 1.165) is 11.6 Å². The van der Waals surface area contributed by atoms with Crippen molar-refractivity contribution in [2.75, 3.05) is 19.0 Å². The minimum atomic E-state index is -4.48. The molecular weight excluding hydrogens is 421 g/mol. The summed E-state index contributed by atoms with van der Waals surface area (Å²) in [5, 5.41) is 7.19. The number of hydrogen-bond acceptors (Lipinski definition) is 4. The van der Waals surface area contributed by atoms with Gasteiger partial charge in [0, 0.05) is 53.2 Å². The second-order valence-corrected chi connectivity index (χ2v) is 7.68. The lowest BCUT2D eigenvalue weighted by molar-refractivity contribution is -0.136. The lowest BCUT2D eigenvalue weighted by atomic mass is 10.1. The van der Waals surface area contributed by atoms with Crippen molar-refractivity contribution in [3.8, 4) is 5.75 Å². The number of rotatable bonds is 7. The zero-order chi connectivity index (χ0) is 22.9. The Morgan fingerprint density at radius 3 is 2.56 bits per heavy atom. The Bertz CT molecular complexity index is 1310. The minimum Gasteiger partial charge on any atom is -0.497 e. The largest absolute Gasteiger partial charge is 0.497 e. The van der Waals surface area contributed by atoms with Crippen LogP contribution in [0.4, 0.5) is 19.0 Å². The van der Waals surface area contributed by atoms with Gasteiger partial charge in [-0.1, -0.05) is 12.1 Å². The van der Waals surface area contributed by atoms with Crippen LogP contribution in [0.25, 0.3) is 21.8 Å². The van der Waals surface area contributed by atoms with E-state index >= 15 is 0 Å². The molecule has 0 radical (unpaired) electrons. The van der Waals surface area contributed by atoms with E-state index in [2.05, 4.69) is 20.6 Å². The van der Waals surface area contributed by atoms with E-state index in [4.69, 9.17) is 4.74 Å². The predicted molar refractivity (Wildman–Crippen MR) is 119 cm³/mol. The van der Waals surface area contributed by atoms with Gasteiger partial charge in [-0.25, -0.2) is 0 Å². The number of H-pyrrole nitrogens is 2. The molecule has 2 aromatic heterocycles. The van der Waals surface area contributed by atoms with E-state index in [1.165, 1.54) is 19.2 Å². The van der Waals surface area contributed by atoms with Crippen LogP contribution in [0, 0.1) is 0 Å². The van der Waals surface area contributed by atoms with Gasteiger partial charge in [-0.15, -0.1) is 0 Å². The van der Waals surface area contributed by atoms with Gasteiger partial charge in [0.25, 0.3) is 0 Å². The van der Waals surface area contributed by atoms with Gasteiger partial charge in [-0.05, 0) is 31.2 Å². The molecule has 4 rings (SSSR count). The van der Waals surface area contributed by atoms with Gasteiger partial charge >= 0.3 is 6.18 Å². The quantitative estimate of drug-likeness (QED) is 0.335. The normalized spacial score (nSPS) is 12.9. The number of ether oxygens (including phenoxy) is 1. The molecule has 0 fully saturated rings. The van der Waals surface area contributed by atoms with Crippen molar-refractivity contribution in [1.29, 1.82) is 0 Å². The number of halogens is 3. The van der Waals surface area contributed by atoms with Crippen LogP contribution in [-0.4, -0.2) is 29.7 Å². The Labute approximate surface area is 181 Å². The van der Waals surface area contributed by atoms with E-state index in [-0.39, 0.29) is 22.6 Å². The van der Waals surface area contributed by atoms with Gasteiger partial charge in [0.15, 0.2) is 5.43 Å². The number of nitrogens with one attached hydrogen (secondary N) is 4. The maximum absolute atomic E-state index is 13.4. The molecule has 2 aromatic carbocycles. The standard InChI is InChI=1S/C23H23F3N4O2/c1-13(11-28-22-10-21(31)16-5-3-4-6-19(16)30-22)27-12-14-7-17-18(23(24,25)26)8-15(32-2)9-20(17)29-14/h3-10,13,27,29H,11-12H2,1-2H3,(H2,28,30,31). The summed E-state index contributed by atoms with van der Waals surface area (Å²) in [5.41, 5.74) is 0.940. The highest BCUT2D eigenvalue weighted by atomic mass is 19.4. The van der Waals surface area contributed by atoms with Gasteiger partial charge < -0.3 is 25.3 Å². The van der Waals surface area contributed by atoms with Crippen molar-refractivity contribution in [1.82, 2.24) is 15.3 Å². The first kappa shape index (κ1) is 21.8. The molecule has 0 spiro atoms. The molecule has 0 bridgehead atoms. The van der Waals surface area contributed by atoms with Gasteiger partial charge in [0.05, 0.1) is 18.2 Å². The highest BCUT2D eigenvalue weighted by Crippen LogP contribution is 2.37. The molecule has 0 aliphatic heterocycles. The topological polar surface area (TPSA) is 81.9 Å². The van der Waals surface area contributed by atoms with E-state index in [0.29, 0.717) is 35.5 Å². The third kappa shape index (κ3) is 4.57. The van der Waals surface area contributed by atoms with Crippen LogP contribution in [0.5, 0.6) is 5.75 Å². The summed E-state index contributed by atoms with van der Waals surface area (Å²) in [6.45, 7) is 2.81. The van der Waals surface area contributed by atoms with Crippen LogP contribution < -0.4 is 20.8 Å². The van der Waals surface area contributed by atoms with Crippen LogP contribution >= 0.6 is 0 Å². The molecule has 0 aliphatic rings. The monoisotopic (exact) mass is 444 g/mol. The molecule has 2 heterocycles. The SMILES string of the molecule is COc1cc(C(F)(F)F)c2cc(CNC(C)CNc3cc(=O)c4ccccc4[nH]3)[nH]c2c1. The molecule has 1 unspecified atom stereocenters. The number of aromatic nitrogens is 2. The van der Waals surface area contributed by atoms with Crippen molar-refractivity contribution < 1.29 is 17.9 Å². The summed E-state index contributed by atoms with van der Waals surface area (Å²) in [6.07, 6.45) is -4.48. The molecular formula is C23H23F3N4O2. The second-order valence-electron chi connectivity index (χ2n) is 7.68. The summed E-state index contributed by atoms with van der Waals surface area (Å²) in [6, 6.07) is 12.8. The smallest absolute Gasteiger partial charge is 0.417 e. The van der Waals surface area contributed by atoms with Gasteiger partial charge in [0.1, 0.15) is 11.6 Å². The van der Waals surface area contributed by atoms with Crippen molar-refractivity contribution >= 4 is 27.6 Å². The first-order valence-electron chi connectivity index (χ1n) is 10.1. The van der Waals surface area contributed by atoms with Gasteiger partial charge in [-0.2, -0.15) is 13.2 Å². The predicted octanol–water partition coefficient (Wildman–Crippen LogP) is 4.63. The lowest BCUT2D eigenvalue weighted by Gasteiger charge is -2.15. The molecule has 168 valence electrons. The van der Waals surface area contributed by atoms with Crippen molar-refractivity contribution in [2.24, 2.45) is 0 Å². The molecule has 0 saturated heterocycles. The highest BCUT2D eigenvalue weighted by molar-refractivity contribution is 5.86. The maximum Gasteiger partial charge on any atom is 0.417 e. The lowest BCUT2D eigenvalue weighted by Crippen LogP contribution is -2.32. The fourth-order valence-electron chi connectivity index (χ4n) is 3.63. The number of fused-ring (bicyclic) bond motifs is 2. The minimum absolute atomic E-state index is 0.0204. The number of para-hydroxylation sites is 1. The Morgan fingerprint density at radius 1 is 1.03 bits per heavy atom. The first-order chi connectivity index (χ1) is 15.2. The molecule has 4 N–H and O–H groups in total.